The predicted octanol–water partition coefficient (Wildman–Crippen LogP) is -1.77. The lowest BCUT2D eigenvalue weighted by Crippen LogP contribution is -3.00. The monoisotopic (exact) mass is 206 g/mol. The van der Waals surface area contributed by atoms with Gasteiger partial charge < -0.3 is 22.2 Å². The van der Waals surface area contributed by atoms with Crippen molar-refractivity contribution in [1.82, 2.24) is 5.32 Å². The van der Waals surface area contributed by atoms with Crippen molar-refractivity contribution in [2.75, 3.05) is 33.2 Å². The van der Waals surface area contributed by atoms with Crippen LogP contribution in [-0.2, 0) is 0 Å². The Bertz CT molecular complexity index is 141. The summed E-state index contributed by atoms with van der Waals surface area (Å²) in [6.45, 7) is 9.70. The Hall–Kier alpha value is 0.210. The summed E-state index contributed by atoms with van der Waals surface area (Å²) in [6, 6.07) is 0.797. The van der Waals surface area contributed by atoms with Crippen LogP contribution in [0.5, 0.6) is 0 Å². The second-order valence-electron chi connectivity index (χ2n) is 4.33. The summed E-state index contributed by atoms with van der Waals surface area (Å²) in [4.78, 5) is 0. The zero-order valence-electron chi connectivity index (χ0n) is 9.15. The molecule has 1 heterocycles. The molecule has 2 nitrogen and oxygen atoms in total. The lowest BCUT2D eigenvalue weighted by Gasteiger charge is -2.43. The number of rotatable bonds is 3. The van der Waals surface area contributed by atoms with Crippen molar-refractivity contribution in [2.24, 2.45) is 0 Å². The number of hydrogen-bond donors (Lipinski definition) is 1. The minimum absolute atomic E-state index is 0. The second kappa shape index (κ2) is 5.84. The van der Waals surface area contributed by atoms with Crippen molar-refractivity contribution < 1.29 is 16.9 Å². The number of likely N-dealkylation sites (N-methyl/N-ethyl adjacent to an activating group) is 1. The molecule has 1 fully saturated rings. The number of unbranched alkanes of at least 4 members (excludes halogenated alkanes) is 1. The van der Waals surface area contributed by atoms with E-state index in [4.69, 9.17) is 0 Å². The maximum atomic E-state index is 3.45. The molecule has 1 rings (SSSR count). The minimum atomic E-state index is 0. The molecule has 0 saturated carbocycles. The fourth-order valence-electron chi connectivity index (χ4n) is 1.94. The topological polar surface area (TPSA) is 12.0 Å². The van der Waals surface area contributed by atoms with Crippen LogP contribution in [0.15, 0.2) is 0 Å². The molecule has 1 saturated heterocycles. The molecule has 3 heteroatoms. The van der Waals surface area contributed by atoms with Crippen molar-refractivity contribution in [1.29, 1.82) is 0 Å². The zero-order valence-corrected chi connectivity index (χ0v) is 9.90. The molecule has 1 N–H and O–H groups in total. The van der Waals surface area contributed by atoms with Crippen molar-refractivity contribution in [3.05, 3.63) is 0 Å². The Labute approximate surface area is 88.7 Å². The molecule has 0 aromatic rings. The molecule has 1 aliphatic rings. The van der Waals surface area contributed by atoms with Gasteiger partial charge in [-0.3, -0.25) is 0 Å². The van der Waals surface area contributed by atoms with E-state index in [0.29, 0.717) is 0 Å². The van der Waals surface area contributed by atoms with Gasteiger partial charge in [0.25, 0.3) is 0 Å². The second-order valence-corrected chi connectivity index (χ2v) is 4.33. The number of piperazine rings is 1. The molecule has 0 amide bonds. The lowest BCUT2D eigenvalue weighted by atomic mass is 10.1. The highest BCUT2D eigenvalue weighted by molar-refractivity contribution is 4.63. The van der Waals surface area contributed by atoms with Crippen LogP contribution in [-0.4, -0.2) is 43.8 Å². The maximum Gasteiger partial charge on any atom is 0.0986 e. The van der Waals surface area contributed by atoms with E-state index in [2.05, 4.69) is 26.2 Å². The third-order valence-electron chi connectivity index (χ3n) is 3.33. The number of nitrogens with one attached hydrogen (secondary N) is 1. The molecule has 2 atom stereocenters. The maximum absolute atomic E-state index is 3.45. The predicted molar refractivity (Wildman–Crippen MR) is 53.2 cm³/mol. The molecule has 0 aromatic heterocycles. The van der Waals surface area contributed by atoms with Crippen LogP contribution in [0.4, 0.5) is 0 Å². The van der Waals surface area contributed by atoms with E-state index in [-0.39, 0.29) is 12.4 Å². The molecular weight excluding hydrogens is 184 g/mol. The molecule has 80 valence electrons. The molecule has 0 radical (unpaired) electrons. The smallest absolute Gasteiger partial charge is 0.0986 e. The highest BCUT2D eigenvalue weighted by Crippen LogP contribution is 2.13. The lowest BCUT2D eigenvalue weighted by molar-refractivity contribution is -0.933. The number of hydrogen-bond acceptors (Lipinski definition) is 1. The first-order valence-corrected chi connectivity index (χ1v) is 5.24. The fourth-order valence-corrected chi connectivity index (χ4v) is 1.94. The summed E-state index contributed by atoms with van der Waals surface area (Å²) < 4.78 is 1.28. The Morgan fingerprint density at radius 2 is 2.15 bits per heavy atom. The van der Waals surface area contributed by atoms with Gasteiger partial charge in [-0.25, -0.2) is 0 Å². The summed E-state index contributed by atoms with van der Waals surface area (Å²) in [7, 11) is 2.40. The van der Waals surface area contributed by atoms with Gasteiger partial charge in [-0.05, 0) is 13.3 Å². The van der Waals surface area contributed by atoms with Crippen LogP contribution in [0.1, 0.15) is 26.7 Å². The van der Waals surface area contributed by atoms with E-state index in [9.17, 15) is 0 Å². The van der Waals surface area contributed by atoms with E-state index >= 15 is 0 Å². The van der Waals surface area contributed by atoms with Crippen molar-refractivity contribution in [2.45, 2.75) is 32.7 Å². The number of nitrogens with zero attached hydrogens (tertiary/aromatic N) is 1. The average Bonchev–Trinajstić information content (AvgIpc) is 2.07. The zero-order chi connectivity index (χ0) is 9.03. The summed E-state index contributed by atoms with van der Waals surface area (Å²) in [5.74, 6) is 0. The van der Waals surface area contributed by atoms with E-state index < -0.39 is 0 Å². The minimum Gasteiger partial charge on any atom is -1.00 e. The molecule has 0 aromatic carbocycles. The van der Waals surface area contributed by atoms with E-state index in [1.54, 1.807) is 0 Å². The molecule has 0 spiro atoms. The number of halogens is 1. The van der Waals surface area contributed by atoms with Gasteiger partial charge in [-0.2, -0.15) is 0 Å². The number of quaternary nitrogens is 1. The first-order chi connectivity index (χ1) is 5.69. The molecule has 13 heavy (non-hydrogen) atoms. The van der Waals surface area contributed by atoms with E-state index in [1.807, 2.05) is 0 Å². The third-order valence-corrected chi connectivity index (χ3v) is 3.33. The first-order valence-electron chi connectivity index (χ1n) is 5.24. The largest absolute Gasteiger partial charge is 1.00 e. The first kappa shape index (κ1) is 13.2. The molecular formula is C10H23ClN2. The van der Waals surface area contributed by atoms with Gasteiger partial charge in [-0.15, -0.1) is 0 Å². The summed E-state index contributed by atoms with van der Waals surface area (Å²) in [5, 5.41) is 3.45. The Morgan fingerprint density at radius 1 is 1.46 bits per heavy atom. The third kappa shape index (κ3) is 3.45. The van der Waals surface area contributed by atoms with Crippen LogP contribution in [0, 0.1) is 0 Å². The normalized spacial score (nSPS) is 33.9. The van der Waals surface area contributed by atoms with Crippen LogP contribution < -0.4 is 17.7 Å². The standard InChI is InChI=1S/C10H23N2.ClH/c1-4-5-7-12(3)8-6-11-9-10(12)2;/h10-11H,4-9H2,1-3H3;1H/q+1;/p-1. The molecule has 0 bridgehead atoms. The molecule has 2 unspecified atom stereocenters. The summed E-state index contributed by atoms with van der Waals surface area (Å²) >= 11 is 0. The van der Waals surface area contributed by atoms with Gasteiger partial charge >= 0.3 is 0 Å². The average molecular weight is 207 g/mol. The fraction of sp³-hybridized carbons (Fsp3) is 1.00. The Balaban J connectivity index is 0.00000144. The van der Waals surface area contributed by atoms with Crippen LogP contribution in [0.3, 0.4) is 0 Å². The van der Waals surface area contributed by atoms with Crippen molar-refractivity contribution >= 4 is 0 Å². The highest BCUT2D eigenvalue weighted by Gasteiger charge is 2.30. The van der Waals surface area contributed by atoms with Gasteiger partial charge in [0.05, 0.1) is 26.2 Å². The quantitative estimate of drug-likeness (QED) is 0.539. The van der Waals surface area contributed by atoms with Crippen molar-refractivity contribution in [3.8, 4) is 0 Å². The van der Waals surface area contributed by atoms with Crippen molar-refractivity contribution in [3.63, 3.8) is 0 Å². The summed E-state index contributed by atoms with van der Waals surface area (Å²) in [5.41, 5.74) is 0. The Kier molecular flexibility index (Phi) is 5.93. The highest BCUT2D eigenvalue weighted by atomic mass is 35.5. The molecule has 0 aliphatic carbocycles. The molecule has 1 aliphatic heterocycles. The van der Waals surface area contributed by atoms with Crippen LogP contribution in [0.2, 0.25) is 0 Å². The van der Waals surface area contributed by atoms with Crippen LogP contribution >= 0.6 is 0 Å². The van der Waals surface area contributed by atoms with Gasteiger partial charge in [-0.1, -0.05) is 13.3 Å². The van der Waals surface area contributed by atoms with E-state index in [0.717, 1.165) is 6.04 Å². The van der Waals surface area contributed by atoms with E-state index in [1.165, 1.54) is 43.5 Å². The SMILES string of the molecule is CCCC[N+]1(C)CCNCC1C.[Cl-]. The Morgan fingerprint density at radius 3 is 2.69 bits per heavy atom. The van der Waals surface area contributed by atoms with Gasteiger partial charge in [0.1, 0.15) is 0 Å². The summed E-state index contributed by atoms with van der Waals surface area (Å²) in [6.07, 6.45) is 2.70. The van der Waals surface area contributed by atoms with Gasteiger partial charge in [0, 0.05) is 13.1 Å². The van der Waals surface area contributed by atoms with Gasteiger partial charge in [0.2, 0.25) is 0 Å². The van der Waals surface area contributed by atoms with Crippen LogP contribution in [0.25, 0.3) is 0 Å². The van der Waals surface area contributed by atoms with Gasteiger partial charge in [0.15, 0.2) is 0 Å².